The summed E-state index contributed by atoms with van der Waals surface area (Å²) in [6.45, 7) is 2.73. The fourth-order valence-corrected chi connectivity index (χ4v) is 5.41. The zero-order valence-corrected chi connectivity index (χ0v) is 17.8. The number of nitrogens with zero attached hydrogens (tertiary/aromatic N) is 3. The van der Waals surface area contributed by atoms with E-state index in [2.05, 4.69) is 23.1 Å². The lowest BCUT2D eigenvalue weighted by Crippen LogP contribution is -2.45. The Morgan fingerprint density at radius 3 is 2.70 bits per heavy atom. The molecule has 0 radical (unpaired) electrons. The summed E-state index contributed by atoms with van der Waals surface area (Å²) in [5.41, 5.74) is 2.11. The Balaban J connectivity index is 1.24. The minimum atomic E-state index is -0.220. The molecule has 1 saturated carbocycles. The molecule has 0 unspecified atom stereocenters. The van der Waals surface area contributed by atoms with E-state index in [1.165, 1.54) is 16.8 Å². The summed E-state index contributed by atoms with van der Waals surface area (Å²) in [4.78, 5) is 22.3. The molecule has 2 fully saturated rings. The number of likely N-dealkylation sites (tertiary alicyclic amines) is 1. The maximum atomic E-state index is 13.2. The molecule has 1 atom stereocenters. The highest BCUT2D eigenvalue weighted by atomic mass is 32.1. The summed E-state index contributed by atoms with van der Waals surface area (Å²) < 4.78 is 14.4. The van der Waals surface area contributed by atoms with Crippen LogP contribution in [0.5, 0.6) is 0 Å². The Labute approximate surface area is 180 Å². The van der Waals surface area contributed by atoms with Gasteiger partial charge in [-0.25, -0.2) is 9.37 Å². The Kier molecular flexibility index (Phi) is 5.52. The Hall–Kier alpha value is -2.31. The molecule has 1 aliphatic heterocycles. The van der Waals surface area contributed by atoms with Crippen LogP contribution in [0.3, 0.4) is 0 Å². The smallest absolute Gasteiger partial charge is 0.236 e. The molecule has 30 heavy (non-hydrogen) atoms. The normalized spacial score (nSPS) is 19.5. The minimum Gasteiger partial charge on any atom is -0.341 e. The van der Waals surface area contributed by atoms with Crippen LogP contribution in [-0.4, -0.2) is 46.4 Å². The molecule has 6 heteroatoms. The maximum absolute atomic E-state index is 13.2. The molecular weight excluding hydrogens is 397 g/mol. The molecule has 0 spiro atoms. The molecule has 1 amide bonds. The summed E-state index contributed by atoms with van der Waals surface area (Å²) in [5, 5.41) is 1.15. The van der Waals surface area contributed by atoms with E-state index in [-0.39, 0.29) is 11.7 Å². The van der Waals surface area contributed by atoms with Crippen LogP contribution in [-0.2, 0) is 11.3 Å². The van der Waals surface area contributed by atoms with Crippen LogP contribution in [0.2, 0.25) is 0 Å². The molecule has 0 N–H and O–H groups in total. The Bertz CT molecular complexity index is 997. The van der Waals surface area contributed by atoms with Gasteiger partial charge in [0.2, 0.25) is 5.91 Å². The SMILES string of the molecule is O=C(CN(Cc1ccc(F)cc1)C1CC1)N1CCC[C@@H](c2nc3ccccc3s2)C1. The van der Waals surface area contributed by atoms with Crippen LogP contribution in [0, 0.1) is 5.82 Å². The number of rotatable bonds is 6. The lowest BCUT2D eigenvalue weighted by Gasteiger charge is -2.33. The van der Waals surface area contributed by atoms with Crippen molar-refractivity contribution < 1.29 is 9.18 Å². The van der Waals surface area contributed by atoms with Crippen molar-refractivity contribution in [2.45, 2.75) is 44.2 Å². The summed E-state index contributed by atoms with van der Waals surface area (Å²) in [7, 11) is 0. The minimum absolute atomic E-state index is 0.204. The van der Waals surface area contributed by atoms with Crippen molar-refractivity contribution in [1.29, 1.82) is 0 Å². The summed E-state index contributed by atoms with van der Waals surface area (Å²) in [6, 6.07) is 15.4. The van der Waals surface area contributed by atoms with Gasteiger partial charge in [0.1, 0.15) is 5.82 Å². The number of carbonyl (C=O) groups is 1. The van der Waals surface area contributed by atoms with Crippen molar-refractivity contribution in [3.8, 4) is 0 Å². The first-order valence-electron chi connectivity index (χ1n) is 10.8. The molecule has 1 aromatic heterocycles. The second-order valence-corrected chi connectivity index (χ2v) is 9.52. The lowest BCUT2D eigenvalue weighted by atomic mass is 9.98. The largest absolute Gasteiger partial charge is 0.341 e. The van der Waals surface area contributed by atoms with E-state index in [9.17, 15) is 9.18 Å². The van der Waals surface area contributed by atoms with E-state index in [1.807, 2.05) is 23.1 Å². The third-order valence-electron chi connectivity index (χ3n) is 6.13. The predicted octanol–water partition coefficient (Wildman–Crippen LogP) is 4.81. The molecule has 1 aliphatic carbocycles. The van der Waals surface area contributed by atoms with Crippen molar-refractivity contribution in [2.75, 3.05) is 19.6 Å². The number of piperidine rings is 1. The third-order valence-corrected chi connectivity index (χ3v) is 7.33. The fourth-order valence-electron chi connectivity index (χ4n) is 4.32. The van der Waals surface area contributed by atoms with Crippen LogP contribution in [0.15, 0.2) is 48.5 Å². The van der Waals surface area contributed by atoms with Gasteiger partial charge >= 0.3 is 0 Å². The van der Waals surface area contributed by atoms with E-state index in [4.69, 9.17) is 4.98 Å². The zero-order valence-electron chi connectivity index (χ0n) is 17.0. The molecule has 2 aliphatic rings. The number of benzene rings is 2. The van der Waals surface area contributed by atoms with Gasteiger partial charge in [0, 0.05) is 31.6 Å². The Morgan fingerprint density at radius 1 is 1.13 bits per heavy atom. The molecule has 5 rings (SSSR count). The van der Waals surface area contributed by atoms with Gasteiger partial charge in [0.15, 0.2) is 0 Å². The van der Waals surface area contributed by atoms with Crippen LogP contribution in [0.25, 0.3) is 10.2 Å². The zero-order chi connectivity index (χ0) is 20.5. The van der Waals surface area contributed by atoms with Crippen LogP contribution < -0.4 is 0 Å². The van der Waals surface area contributed by atoms with Crippen molar-refractivity contribution in [2.24, 2.45) is 0 Å². The average molecular weight is 424 g/mol. The lowest BCUT2D eigenvalue weighted by molar-refractivity contribution is -0.134. The van der Waals surface area contributed by atoms with Gasteiger partial charge in [-0.2, -0.15) is 0 Å². The van der Waals surface area contributed by atoms with Crippen molar-refractivity contribution in [1.82, 2.24) is 14.8 Å². The van der Waals surface area contributed by atoms with Crippen LogP contribution in [0.4, 0.5) is 4.39 Å². The maximum Gasteiger partial charge on any atom is 0.236 e. The molecule has 4 nitrogen and oxygen atoms in total. The van der Waals surface area contributed by atoms with E-state index in [1.54, 1.807) is 11.3 Å². The highest BCUT2D eigenvalue weighted by Gasteiger charge is 2.33. The molecule has 2 heterocycles. The highest BCUT2D eigenvalue weighted by molar-refractivity contribution is 7.18. The molecule has 0 bridgehead atoms. The molecule has 1 saturated heterocycles. The second kappa shape index (κ2) is 8.44. The van der Waals surface area contributed by atoms with Gasteiger partial charge in [-0.3, -0.25) is 9.69 Å². The molecule has 156 valence electrons. The van der Waals surface area contributed by atoms with Gasteiger partial charge < -0.3 is 4.90 Å². The molecular formula is C24H26FN3OS. The highest BCUT2D eigenvalue weighted by Crippen LogP contribution is 2.33. The van der Waals surface area contributed by atoms with Gasteiger partial charge in [0.05, 0.1) is 21.8 Å². The monoisotopic (exact) mass is 423 g/mol. The van der Waals surface area contributed by atoms with E-state index in [0.717, 1.165) is 54.9 Å². The first-order valence-corrected chi connectivity index (χ1v) is 11.6. The first kappa shape index (κ1) is 19.6. The predicted molar refractivity (Wildman–Crippen MR) is 118 cm³/mol. The van der Waals surface area contributed by atoms with Crippen LogP contribution in [0.1, 0.15) is 42.2 Å². The van der Waals surface area contributed by atoms with Crippen molar-refractivity contribution in [3.63, 3.8) is 0 Å². The number of fused-ring (bicyclic) bond motifs is 1. The standard InChI is InChI=1S/C24H26FN3OS/c25-19-9-7-17(8-10-19)14-28(20-11-12-20)16-23(29)27-13-3-4-18(15-27)24-26-21-5-1-2-6-22(21)30-24/h1-2,5-10,18,20H,3-4,11-16H2/t18-/m1/s1. The quantitative estimate of drug-likeness (QED) is 0.571. The van der Waals surface area contributed by atoms with Gasteiger partial charge in [0.25, 0.3) is 0 Å². The summed E-state index contributed by atoms with van der Waals surface area (Å²) >= 11 is 1.76. The Morgan fingerprint density at radius 2 is 1.93 bits per heavy atom. The number of hydrogen-bond donors (Lipinski definition) is 0. The molecule has 2 aromatic carbocycles. The second-order valence-electron chi connectivity index (χ2n) is 8.46. The topological polar surface area (TPSA) is 36.4 Å². The van der Waals surface area contributed by atoms with E-state index in [0.29, 0.717) is 25.0 Å². The van der Waals surface area contributed by atoms with Crippen LogP contribution >= 0.6 is 11.3 Å². The number of carbonyl (C=O) groups excluding carboxylic acids is 1. The number of amides is 1. The van der Waals surface area contributed by atoms with Crippen molar-refractivity contribution in [3.05, 3.63) is 64.9 Å². The fraction of sp³-hybridized carbons (Fsp3) is 0.417. The molecule has 3 aromatic rings. The number of aromatic nitrogens is 1. The summed E-state index contributed by atoms with van der Waals surface area (Å²) in [6.07, 6.45) is 4.39. The van der Waals surface area contributed by atoms with Crippen molar-refractivity contribution >= 4 is 27.5 Å². The average Bonchev–Trinajstić information content (AvgIpc) is 3.53. The number of thiazole rings is 1. The summed E-state index contributed by atoms with van der Waals surface area (Å²) in [5.74, 6) is 0.309. The number of para-hydroxylation sites is 1. The van der Waals surface area contributed by atoms with Gasteiger partial charge in [-0.15, -0.1) is 11.3 Å². The van der Waals surface area contributed by atoms with E-state index >= 15 is 0 Å². The number of hydrogen-bond acceptors (Lipinski definition) is 4. The number of halogens is 1. The third kappa shape index (κ3) is 4.40. The van der Waals surface area contributed by atoms with Gasteiger partial charge in [-0.1, -0.05) is 24.3 Å². The van der Waals surface area contributed by atoms with Gasteiger partial charge in [-0.05, 0) is 55.5 Å². The van der Waals surface area contributed by atoms with E-state index < -0.39 is 0 Å². The first-order chi connectivity index (χ1) is 14.7.